The lowest BCUT2D eigenvalue weighted by molar-refractivity contribution is -0.143. The van der Waals surface area contributed by atoms with E-state index in [4.69, 9.17) is 9.47 Å². The molecule has 0 amide bonds. The summed E-state index contributed by atoms with van der Waals surface area (Å²) in [5.74, 6) is 0.448. The smallest absolute Gasteiger partial charge is 0.314 e. The first-order valence-electron chi connectivity index (χ1n) is 8.45. The fourth-order valence-corrected chi connectivity index (χ4v) is 3.05. The van der Waals surface area contributed by atoms with Gasteiger partial charge in [0, 0.05) is 0 Å². The highest BCUT2D eigenvalue weighted by molar-refractivity contribution is 5.76. The average molecular weight is 356 g/mol. The summed E-state index contributed by atoms with van der Waals surface area (Å²) in [6, 6.07) is 12.2. The molecule has 0 spiro atoms. The fraction of sp³-hybridized carbons (Fsp3) is 0.300. The molecule has 0 bridgehead atoms. The minimum absolute atomic E-state index is 0.101. The van der Waals surface area contributed by atoms with Crippen LogP contribution in [0, 0.1) is 5.92 Å². The molecule has 2 aromatic carbocycles. The van der Waals surface area contributed by atoms with Crippen molar-refractivity contribution >= 4 is 12.3 Å². The first-order valence-corrected chi connectivity index (χ1v) is 8.45. The second kappa shape index (κ2) is 7.47. The predicted molar refractivity (Wildman–Crippen MR) is 93.2 cm³/mol. The number of esters is 1. The van der Waals surface area contributed by atoms with Crippen molar-refractivity contribution in [3.05, 3.63) is 48.5 Å². The molecule has 0 saturated heterocycles. The number of benzene rings is 2. The Morgan fingerprint density at radius 1 is 0.923 bits per heavy atom. The summed E-state index contributed by atoms with van der Waals surface area (Å²) < 4.78 is 11.2. The number of carbonyl (C=O) groups excluding carboxylic acids is 2. The van der Waals surface area contributed by atoms with Gasteiger partial charge in [0.05, 0.1) is 5.92 Å². The van der Waals surface area contributed by atoms with Gasteiger partial charge in [-0.2, -0.15) is 0 Å². The van der Waals surface area contributed by atoms with Crippen molar-refractivity contribution in [2.75, 3.05) is 0 Å². The molecule has 6 nitrogen and oxygen atoms in total. The van der Waals surface area contributed by atoms with Crippen LogP contribution in [0.1, 0.15) is 25.7 Å². The van der Waals surface area contributed by atoms with Crippen LogP contribution in [-0.2, 0) is 9.59 Å². The van der Waals surface area contributed by atoms with E-state index in [-0.39, 0.29) is 23.4 Å². The lowest BCUT2D eigenvalue weighted by Gasteiger charge is -2.35. The van der Waals surface area contributed by atoms with Gasteiger partial charge in [-0.05, 0) is 74.2 Å². The highest BCUT2D eigenvalue weighted by atomic mass is 16.5. The highest BCUT2D eigenvalue weighted by Gasteiger charge is 2.40. The Morgan fingerprint density at radius 3 is 1.92 bits per heavy atom. The van der Waals surface area contributed by atoms with Gasteiger partial charge in [-0.25, -0.2) is 0 Å². The second-order valence-corrected chi connectivity index (χ2v) is 6.47. The van der Waals surface area contributed by atoms with Crippen LogP contribution >= 0.6 is 0 Å². The summed E-state index contributed by atoms with van der Waals surface area (Å²) in [5.41, 5.74) is -0.966. The van der Waals surface area contributed by atoms with Crippen LogP contribution in [0.3, 0.4) is 0 Å². The number of phenols is 2. The van der Waals surface area contributed by atoms with Gasteiger partial charge in [-0.3, -0.25) is 9.59 Å². The summed E-state index contributed by atoms with van der Waals surface area (Å²) in [4.78, 5) is 23.9. The van der Waals surface area contributed by atoms with Gasteiger partial charge in [0.2, 0.25) is 0 Å². The number of phenolic OH excluding ortho intramolecular Hbond substituents is 2. The summed E-state index contributed by atoms with van der Waals surface area (Å²) in [7, 11) is 0. The summed E-state index contributed by atoms with van der Waals surface area (Å²) in [6.45, 7) is 0. The highest BCUT2D eigenvalue weighted by Crippen LogP contribution is 2.36. The maximum Gasteiger partial charge on any atom is 0.314 e. The van der Waals surface area contributed by atoms with Crippen molar-refractivity contribution < 1.29 is 29.3 Å². The van der Waals surface area contributed by atoms with E-state index in [0.717, 1.165) is 6.29 Å². The molecule has 0 unspecified atom stereocenters. The van der Waals surface area contributed by atoms with E-state index in [2.05, 4.69) is 0 Å². The first-order chi connectivity index (χ1) is 12.5. The molecule has 2 N–H and O–H groups in total. The van der Waals surface area contributed by atoms with Crippen LogP contribution in [0.5, 0.6) is 23.0 Å². The van der Waals surface area contributed by atoms with Crippen molar-refractivity contribution in [1.82, 2.24) is 0 Å². The number of ether oxygens (including phenoxy) is 2. The van der Waals surface area contributed by atoms with Crippen molar-refractivity contribution in [3.8, 4) is 23.0 Å². The minimum Gasteiger partial charge on any atom is -0.508 e. The Kier molecular flexibility index (Phi) is 5.11. The molecule has 0 aromatic heterocycles. The molecule has 1 aliphatic carbocycles. The molecule has 0 radical (unpaired) electrons. The van der Waals surface area contributed by atoms with Gasteiger partial charge >= 0.3 is 5.97 Å². The molecule has 26 heavy (non-hydrogen) atoms. The molecule has 1 aliphatic rings. The van der Waals surface area contributed by atoms with Crippen LogP contribution in [0.25, 0.3) is 0 Å². The maximum absolute atomic E-state index is 12.3. The summed E-state index contributed by atoms with van der Waals surface area (Å²) >= 11 is 0. The molecule has 0 heterocycles. The normalized spacial score (nSPS) is 22.4. The molecule has 6 heteroatoms. The molecule has 0 aliphatic heterocycles. The SMILES string of the molecule is O=CC1(Oc2ccc(O)cc2)CCC(C(=O)Oc2ccc(O)cc2)CC1. The number of hydrogen-bond donors (Lipinski definition) is 2. The third-order valence-electron chi connectivity index (χ3n) is 4.59. The van der Waals surface area contributed by atoms with E-state index in [1.807, 2.05) is 0 Å². The summed E-state index contributed by atoms with van der Waals surface area (Å²) in [5, 5.41) is 18.6. The molecule has 3 rings (SSSR count). The molecular weight excluding hydrogens is 336 g/mol. The topological polar surface area (TPSA) is 93.1 Å². The van der Waals surface area contributed by atoms with Gasteiger partial charge in [-0.1, -0.05) is 0 Å². The van der Waals surface area contributed by atoms with Crippen molar-refractivity contribution in [2.45, 2.75) is 31.3 Å². The van der Waals surface area contributed by atoms with Gasteiger partial charge in [-0.15, -0.1) is 0 Å². The van der Waals surface area contributed by atoms with E-state index in [0.29, 0.717) is 37.2 Å². The first kappa shape index (κ1) is 17.8. The second-order valence-electron chi connectivity index (χ2n) is 6.47. The fourth-order valence-electron chi connectivity index (χ4n) is 3.05. The lowest BCUT2D eigenvalue weighted by Crippen LogP contribution is -2.43. The van der Waals surface area contributed by atoms with E-state index < -0.39 is 5.60 Å². The van der Waals surface area contributed by atoms with Crippen molar-refractivity contribution in [1.29, 1.82) is 0 Å². The quantitative estimate of drug-likeness (QED) is 0.485. The Bertz CT molecular complexity index is 758. The Labute approximate surface area is 151 Å². The van der Waals surface area contributed by atoms with E-state index in [9.17, 15) is 19.8 Å². The van der Waals surface area contributed by atoms with E-state index in [1.54, 1.807) is 12.1 Å². The van der Waals surface area contributed by atoms with Gasteiger partial charge in [0.15, 0.2) is 11.9 Å². The molecule has 1 saturated carbocycles. The number of carbonyl (C=O) groups is 2. The molecule has 136 valence electrons. The van der Waals surface area contributed by atoms with Gasteiger partial charge < -0.3 is 19.7 Å². The van der Waals surface area contributed by atoms with E-state index in [1.165, 1.54) is 36.4 Å². The van der Waals surface area contributed by atoms with Gasteiger partial charge in [0.1, 0.15) is 23.0 Å². The zero-order valence-corrected chi connectivity index (χ0v) is 14.1. The third-order valence-corrected chi connectivity index (χ3v) is 4.59. The average Bonchev–Trinajstić information content (AvgIpc) is 2.66. The lowest BCUT2D eigenvalue weighted by atomic mass is 9.79. The summed E-state index contributed by atoms with van der Waals surface area (Å²) in [6.07, 6.45) is 2.57. The molecule has 2 aromatic rings. The number of rotatable bonds is 5. The monoisotopic (exact) mass is 356 g/mol. The third kappa shape index (κ3) is 4.14. The molecular formula is C20H20O6. The zero-order chi connectivity index (χ0) is 18.6. The van der Waals surface area contributed by atoms with Crippen LogP contribution in [-0.4, -0.2) is 28.1 Å². The standard InChI is InChI=1S/C20H20O6/c21-13-20(26-18-7-3-16(23)4-8-18)11-9-14(10-12-20)19(24)25-17-5-1-15(22)2-6-17/h1-8,13-14,22-23H,9-12H2. The number of aldehydes is 1. The minimum atomic E-state index is -0.966. The molecule has 1 fully saturated rings. The van der Waals surface area contributed by atoms with E-state index >= 15 is 0 Å². The Morgan fingerprint density at radius 2 is 1.42 bits per heavy atom. The van der Waals surface area contributed by atoms with Crippen LogP contribution in [0.15, 0.2) is 48.5 Å². The number of hydrogen-bond acceptors (Lipinski definition) is 6. The van der Waals surface area contributed by atoms with Crippen LogP contribution in [0.2, 0.25) is 0 Å². The van der Waals surface area contributed by atoms with Gasteiger partial charge in [0.25, 0.3) is 0 Å². The van der Waals surface area contributed by atoms with Crippen LogP contribution in [0.4, 0.5) is 0 Å². The van der Waals surface area contributed by atoms with Crippen LogP contribution < -0.4 is 9.47 Å². The Hall–Kier alpha value is -3.02. The number of aromatic hydroxyl groups is 2. The van der Waals surface area contributed by atoms with Crippen molar-refractivity contribution in [2.24, 2.45) is 5.92 Å². The predicted octanol–water partition coefficient (Wildman–Crippen LogP) is 3.21. The zero-order valence-electron chi connectivity index (χ0n) is 14.1. The molecule has 0 atom stereocenters. The van der Waals surface area contributed by atoms with Crippen molar-refractivity contribution in [3.63, 3.8) is 0 Å². The largest absolute Gasteiger partial charge is 0.508 e. The Balaban J connectivity index is 1.59. The maximum atomic E-state index is 12.3.